The zero-order valence-electron chi connectivity index (χ0n) is 13.1. The first-order chi connectivity index (χ1) is 10.0. The van der Waals surface area contributed by atoms with Gasteiger partial charge in [-0.25, -0.2) is 0 Å². The molecule has 5 heteroatoms. The van der Waals surface area contributed by atoms with Crippen molar-refractivity contribution in [1.82, 2.24) is 15.0 Å². The van der Waals surface area contributed by atoms with Crippen LogP contribution in [0.1, 0.15) is 56.3 Å². The predicted octanol–water partition coefficient (Wildman–Crippen LogP) is 2.10. The molecule has 4 aliphatic carbocycles. The van der Waals surface area contributed by atoms with Crippen LogP contribution >= 0.6 is 0 Å². The summed E-state index contributed by atoms with van der Waals surface area (Å²) in [7, 11) is 4.03. The molecule has 0 aliphatic heterocycles. The van der Waals surface area contributed by atoms with E-state index in [0.29, 0.717) is 5.82 Å². The van der Waals surface area contributed by atoms with Gasteiger partial charge >= 0.3 is 0 Å². The third-order valence-corrected chi connectivity index (χ3v) is 5.83. The van der Waals surface area contributed by atoms with E-state index in [0.717, 1.165) is 30.2 Å². The van der Waals surface area contributed by atoms with Crippen LogP contribution in [0.4, 0.5) is 0 Å². The molecule has 0 spiro atoms. The SMILES string of the molecule is CN(C)CC(N)c1noc(C23CC4CC(CC(C4)C2)C3)n1. The van der Waals surface area contributed by atoms with Crippen molar-refractivity contribution in [2.45, 2.75) is 50.0 Å². The molecule has 0 saturated heterocycles. The standard InChI is InChI=1S/C16H26N4O/c1-20(2)9-13(17)14-18-15(21-19-14)16-6-10-3-11(7-16)5-12(4-10)8-16/h10-13H,3-9,17H2,1-2H3. The second-order valence-electron chi connectivity index (χ2n) is 8.02. The molecule has 1 atom stereocenters. The van der Waals surface area contributed by atoms with Crippen molar-refractivity contribution in [3.05, 3.63) is 11.7 Å². The van der Waals surface area contributed by atoms with E-state index in [2.05, 4.69) is 10.1 Å². The molecule has 4 aliphatic rings. The van der Waals surface area contributed by atoms with Crippen molar-refractivity contribution in [2.75, 3.05) is 20.6 Å². The van der Waals surface area contributed by atoms with Crippen LogP contribution in [0.15, 0.2) is 4.52 Å². The molecule has 5 rings (SSSR count). The van der Waals surface area contributed by atoms with E-state index < -0.39 is 0 Å². The van der Waals surface area contributed by atoms with Crippen LogP contribution in [0.25, 0.3) is 0 Å². The highest BCUT2D eigenvalue weighted by Gasteiger charge is 2.54. The minimum atomic E-state index is -0.161. The highest BCUT2D eigenvalue weighted by molar-refractivity contribution is 5.15. The maximum atomic E-state index is 6.17. The van der Waals surface area contributed by atoms with Gasteiger partial charge in [0.1, 0.15) is 0 Å². The molecular weight excluding hydrogens is 264 g/mol. The number of hydrogen-bond donors (Lipinski definition) is 1. The second kappa shape index (κ2) is 4.78. The first-order valence-electron chi connectivity index (χ1n) is 8.28. The van der Waals surface area contributed by atoms with Crippen molar-refractivity contribution in [2.24, 2.45) is 23.5 Å². The van der Waals surface area contributed by atoms with Gasteiger partial charge in [-0.05, 0) is 70.4 Å². The van der Waals surface area contributed by atoms with Gasteiger partial charge in [-0.3, -0.25) is 0 Å². The van der Waals surface area contributed by atoms with Gasteiger partial charge in [-0.15, -0.1) is 0 Å². The van der Waals surface area contributed by atoms with E-state index in [1.165, 1.54) is 38.5 Å². The Labute approximate surface area is 126 Å². The lowest BCUT2D eigenvalue weighted by Crippen LogP contribution is -2.48. The van der Waals surface area contributed by atoms with E-state index in [4.69, 9.17) is 15.2 Å². The van der Waals surface area contributed by atoms with Crippen molar-refractivity contribution in [3.63, 3.8) is 0 Å². The quantitative estimate of drug-likeness (QED) is 0.919. The molecule has 5 nitrogen and oxygen atoms in total. The molecule has 116 valence electrons. The minimum absolute atomic E-state index is 0.161. The largest absolute Gasteiger partial charge is 0.339 e. The lowest BCUT2D eigenvalue weighted by atomic mass is 9.49. The highest BCUT2D eigenvalue weighted by Crippen LogP contribution is 2.60. The molecule has 0 aromatic carbocycles. The molecule has 0 radical (unpaired) electrons. The summed E-state index contributed by atoms with van der Waals surface area (Å²) in [5, 5.41) is 4.19. The number of hydrogen-bond acceptors (Lipinski definition) is 5. The van der Waals surface area contributed by atoms with Crippen LogP contribution in [0.5, 0.6) is 0 Å². The summed E-state index contributed by atoms with van der Waals surface area (Å²) in [5.74, 6) is 4.23. The van der Waals surface area contributed by atoms with E-state index in [1.807, 2.05) is 14.1 Å². The van der Waals surface area contributed by atoms with Crippen LogP contribution in [0.2, 0.25) is 0 Å². The predicted molar refractivity (Wildman–Crippen MR) is 79.6 cm³/mol. The summed E-state index contributed by atoms with van der Waals surface area (Å²) < 4.78 is 5.69. The van der Waals surface area contributed by atoms with Crippen LogP contribution < -0.4 is 5.73 Å². The normalized spacial score (nSPS) is 39.1. The van der Waals surface area contributed by atoms with Crippen molar-refractivity contribution >= 4 is 0 Å². The molecule has 1 heterocycles. The Morgan fingerprint density at radius 3 is 2.29 bits per heavy atom. The van der Waals surface area contributed by atoms with Gasteiger partial charge in [-0.2, -0.15) is 4.98 Å². The third kappa shape index (κ3) is 2.30. The topological polar surface area (TPSA) is 68.2 Å². The first-order valence-corrected chi connectivity index (χ1v) is 8.28. The van der Waals surface area contributed by atoms with Gasteiger partial charge in [0, 0.05) is 6.54 Å². The molecule has 4 fully saturated rings. The van der Waals surface area contributed by atoms with E-state index in [9.17, 15) is 0 Å². The first kappa shape index (κ1) is 13.7. The maximum absolute atomic E-state index is 6.17. The fraction of sp³-hybridized carbons (Fsp3) is 0.875. The minimum Gasteiger partial charge on any atom is -0.339 e. The van der Waals surface area contributed by atoms with Gasteiger partial charge in [0.15, 0.2) is 5.82 Å². The van der Waals surface area contributed by atoms with Crippen molar-refractivity contribution < 1.29 is 4.52 Å². The molecule has 4 bridgehead atoms. The highest BCUT2D eigenvalue weighted by atomic mass is 16.5. The lowest BCUT2D eigenvalue weighted by Gasteiger charge is -2.55. The molecule has 1 aromatic rings. The zero-order chi connectivity index (χ0) is 14.6. The summed E-state index contributed by atoms with van der Waals surface area (Å²) in [5.41, 5.74) is 6.35. The Kier molecular flexibility index (Phi) is 3.12. The molecule has 1 aromatic heterocycles. The molecule has 4 saturated carbocycles. The average molecular weight is 290 g/mol. The van der Waals surface area contributed by atoms with Gasteiger partial charge < -0.3 is 15.2 Å². The van der Waals surface area contributed by atoms with E-state index in [1.54, 1.807) is 0 Å². The Hall–Kier alpha value is -0.940. The summed E-state index contributed by atoms with van der Waals surface area (Å²) in [4.78, 5) is 6.78. The summed E-state index contributed by atoms with van der Waals surface area (Å²) in [6.07, 6.45) is 8.05. The van der Waals surface area contributed by atoms with Crippen LogP contribution in [0.3, 0.4) is 0 Å². The third-order valence-electron chi connectivity index (χ3n) is 5.83. The monoisotopic (exact) mass is 290 g/mol. The Morgan fingerprint density at radius 1 is 1.19 bits per heavy atom. The number of likely N-dealkylation sites (N-methyl/N-ethyl adjacent to an activating group) is 1. The molecule has 1 unspecified atom stereocenters. The number of nitrogens with two attached hydrogens (primary N) is 1. The van der Waals surface area contributed by atoms with Gasteiger partial charge in [0.2, 0.25) is 5.89 Å². The van der Waals surface area contributed by atoms with E-state index >= 15 is 0 Å². The Bertz CT molecular complexity index is 489. The zero-order valence-corrected chi connectivity index (χ0v) is 13.1. The molecular formula is C16H26N4O. The number of aromatic nitrogens is 2. The fourth-order valence-corrected chi connectivity index (χ4v) is 5.45. The van der Waals surface area contributed by atoms with Gasteiger partial charge in [-0.1, -0.05) is 5.16 Å². The Morgan fingerprint density at radius 2 is 1.76 bits per heavy atom. The van der Waals surface area contributed by atoms with Crippen LogP contribution in [0, 0.1) is 17.8 Å². The number of rotatable bonds is 4. The molecule has 21 heavy (non-hydrogen) atoms. The van der Waals surface area contributed by atoms with Crippen LogP contribution in [-0.4, -0.2) is 35.7 Å². The van der Waals surface area contributed by atoms with Crippen LogP contribution in [-0.2, 0) is 5.41 Å². The Balaban J connectivity index is 1.58. The summed E-state index contributed by atoms with van der Waals surface area (Å²) in [6.45, 7) is 0.750. The van der Waals surface area contributed by atoms with Crippen molar-refractivity contribution in [1.29, 1.82) is 0 Å². The number of nitrogens with zero attached hydrogens (tertiary/aromatic N) is 3. The molecule has 0 amide bonds. The smallest absolute Gasteiger partial charge is 0.232 e. The van der Waals surface area contributed by atoms with Gasteiger partial charge in [0.05, 0.1) is 11.5 Å². The van der Waals surface area contributed by atoms with E-state index in [-0.39, 0.29) is 11.5 Å². The fourth-order valence-electron chi connectivity index (χ4n) is 5.45. The molecule has 2 N–H and O–H groups in total. The van der Waals surface area contributed by atoms with Gasteiger partial charge in [0.25, 0.3) is 0 Å². The summed E-state index contributed by atoms with van der Waals surface area (Å²) >= 11 is 0. The lowest BCUT2D eigenvalue weighted by molar-refractivity contribution is -0.0201. The maximum Gasteiger partial charge on any atom is 0.232 e. The second-order valence-corrected chi connectivity index (χ2v) is 8.02. The average Bonchev–Trinajstić information content (AvgIpc) is 2.86. The van der Waals surface area contributed by atoms with Crippen molar-refractivity contribution in [3.8, 4) is 0 Å². The summed E-state index contributed by atoms with van der Waals surface area (Å²) in [6, 6.07) is -0.161.